The smallest absolute Gasteiger partial charge is 0.289 e. The molecule has 164 valence electrons. The number of aromatic nitrogens is 3. The maximum Gasteiger partial charge on any atom is 0.289 e. The fraction of sp³-hybridized carbons (Fsp3) is 0.150. The van der Waals surface area contributed by atoms with E-state index in [1.807, 2.05) is 0 Å². The van der Waals surface area contributed by atoms with E-state index in [4.69, 9.17) is 16.3 Å². The summed E-state index contributed by atoms with van der Waals surface area (Å²) in [5.74, 6) is -4.75. The molecule has 0 unspecified atom stereocenters. The van der Waals surface area contributed by atoms with Crippen LogP contribution in [0.2, 0.25) is 5.02 Å². The van der Waals surface area contributed by atoms with Crippen molar-refractivity contribution in [2.24, 2.45) is 0 Å². The summed E-state index contributed by atoms with van der Waals surface area (Å²) in [4.78, 5) is 38.1. The highest BCUT2D eigenvalue weighted by atomic mass is 35.5. The second kappa shape index (κ2) is 8.42. The van der Waals surface area contributed by atoms with Gasteiger partial charge in [-0.2, -0.15) is 0 Å². The number of carbonyl (C=O) groups excluding carboxylic acids is 2. The monoisotopic (exact) mass is 463 g/mol. The zero-order chi connectivity index (χ0) is 23.0. The van der Waals surface area contributed by atoms with E-state index in [2.05, 4.69) is 20.3 Å². The van der Waals surface area contributed by atoms with Crippen molar-refractivity contribution >= 4 is 29.2 Å². The molecule has 4 rings (SSSR count). The summed E-state index contributed by atoms with van der Waals surface area (Å²) in [5, 5.41) is 2.31. The van der Waals surface area contributed by atoms with E-state index >= 15 is 0 Å². The van der Waals surface area contributed by atoms with Gasteiger partial charge in [-0.25, -0.2) is 28.1 Å². The highest BCUT2D eigenvalue weighted by molar-refractivity contribution is 6.33. The molecule has 0 saturated carbocycles. The molecule has 0 radical (unpaired) electrons. The van der Waals surface area contributed by atoms with Gasteiger partial charge in [0.2, 0.25) is 5.82 Å². The Balaban J connectivity index is 1.59. The number of halogens is 4. The number of hydrogen-bond acceptors (Lipinski definition) is 6. The third-order valence-corrected chi connectivity index (χ3v) is 4.89. The zero-order valence-corrected chi connectivity index (χ0v) is 17.0. The minimum Gasteiger partial charge on any atom is -0.487 e. The number of ether oxygens (including phenoxy) is 1. The lowest BCUT2D eigenvalue weighted by molar-refractivity contribution is -0.120. The lowest BCUT2D eigenvalue weighted by Gasteiger charge is -2.19. The van der Waals surface area contributed by atoms with Crippen molar-refractivity contribution in [1.29, 1.82) is 0 Å². The van der Waals surface area contributed by atoms with E-state index in [1.54, 1.807) is 0 Å². The van der Waals surface area contributed by atoms with Crippen LogP contribution in [0.4, 0.5) is 19.0 Å². The first-order valence-electron chi connectivity index (χ1n) is 9.10. The predicted molar refractivity (Wildman–Crippen MR) is 107 cm³/mol. The Kier molecular flexibility index (Phi) is 5.66. The van der Waals surface area contributed by atoms with Crippen LogP contribution in [0.3, 0.4) is 0 Å². The van der Waals surface area contributed by atoms with Gasteiger partial charge in [0.1, 0.15) is 18.5 Å². The fourth-order valence-corrected chi connectivity index (χ4v) is 3.23. The summed E-state index contributed by atoms with van der Waals surface area (Å²) in [6, 6.07) is 3.32. The van der Waals surface area contributed by atoms with Crippen LogP contribution in [-0.2, 0) is 4.79 Å². The van der Waals surface area contributed by atoms with Crippen LogP contribution in [0.15, 0.2) is 36.7 Å². The molecule has 0 fully saturated rings. The summed E-state index contributed by atoms with van der Waals surface area (Å²) in [5.41, 5.74) is -0.458. The third-order valence-electron chi connectivity index (χ3n) is 4.61. The van der Waals surface area contributed by atoms with E-state index in [-0.39, 0.29) is 34.5 Å². The number of fused-ring (bicyclic) bond motifs is 1. The highest BCUT2D eigenvalue weighted by Gasteiger charge is 2.32. The molecule has 3 heterocycles. The number of rotatable bonds is 3. The molecule has 1 aliphatic rings. The van der Waals surface area contributed by atoms with Crippen molar-refractivity contribution in [2.45, 2.75) is 6.04 Å². The van der Waals surface area contributed by atoms with Crippen LogP contribution in [0.25, 0.3) is 11.3 Å². The quantitative estimate of drug-likeness (QED) is 0.641. The van der Waals surface area contributed by atoms with Crippen molar-refractivity contribution in [1.82, 2.24) is 20.3 Å². The fourth-order valence-electron chi connectivity index (χ4n) is 3.03. The van der Waals surface area contributed by atoms with Gasteiger partial charge >= 0.3 is 0 Å². The lowest BCUT2D eigenvalue weighted by Crippen LogP contribution is -2.49. The number of nitrogens with zero attached hydrogens (tertiary/aromatic N) is 4. The largest absolute Gasteiger partial charge is 0.487 e. The van der Waals surface area contributed by atoms with Gasteiger partial charge in [-0.3, -0.25) is 14.5 Å². The molecule has 1 N–H and O–H groups in total. The minimum atomic E-state index is -1.19. The van der Waals surface area contributed by atoms with Crippen LogP contribution in [0.1, 0.15) is 10.6 Å². The minimum absolute atomic E-state index is 0.0317. The molecule has 2 amide bonds. The number of hydrogen-bond donors (Lipinski definition) is 1. The van der Waals surface area contributed by atoms with E-state index in [0.717, 1.165) is 29.4 Å². The normalized spacial score (nSPS) is 15.6. The number of amides is 2. The van der Waals surface area contributed by atoms with Gasteiger partial charge in [-0.1, -0.05) is 17.7 Å². The number of carbonyl (C=O) groups is 2. The molecule has 0 spiro atoms. The molecule has 1 atom stereocenters. The van der Waals surface area contributed by atoms with Crippen molar-refractivity contribution in [3.8, 4) is 17.0 Å². The van der Waals surface area contributed by atoms with Crippen molar-refractivity contribution in [2.75, 3.05) is 18.6 Å². The summed E-state index contributed by atoms with van der Waals surface area (Å²) < 4.78 is 46.7. The van der Waals surface area contributed by atoms with Gasteiger partial charge in [-0.05, 0) is 12.1 Å². The molecule has 1 aromatic carbocycles. The Morgan fingerprint density at radius 3 is 2.81 bits per heavy atom. The maximum atomic E-state index is 14.2. The van der Waals surface area contributed by atoms with Crippen molar-refractivity contribution in [3.63, 3.8) is 0 Å². The number of benzene rings is 1. The lowest BCUT2D eigenvalue weighted by atomic mass is 10.1. The van der Waals surface area contributed by atoms with Crippen LogP contribution in [-0.4, -0.2) is 46.5 Å². The summed E-state index contributed by atoms with van der Waals surface area (Å²) in [7, 11) is 1.39. The van der Waals surface area contributed by atoms with Crippen molar-refractivity contribution in [3.05, 3.63) is 65.0 Å². The second-order valence-corrected chi connectivity index (χ2v) is 7.11. The Labute approximate surface area is 184 Å². The average Bonchev–Trinajstić information content (AvgIpc) is 2.88. The molecule has 12 heteroatoms. The van der Waals surface area contributed by atoms with Crippen LogP contribution >= 0.6 is 11.6 Å². The molecule has 0 bridgehead atoms. The molecule has 3 aromatic rings. The van der Waals surface area contributed by atoms with Gasteiger partial charge in [0, 0.05) is 18.7 Å². The molecule has 8 nitrogen and oxygen atoms in total. The van der Waals surface area contributed by atoms with Gasteiger partial charge < -0.3 is 10.1 Å². The Bertz CT molecular complexity index is 1240. The second-order valence-electron chi connectivity index (χ2n) is 6.70. The van der Waals surface area contributed by atoms with E-state index in [1.165, 1.54) is 19.2 Å². The van der Waals surface area contributed by atoms with E-state index in [9.17, 15) is 22.8 Å². The molecule has 1 aliphatic heterocycles. The van der Waals surface area contributed by atoms with E-state index < -0.39 is 41.1 Å². The Morgan fingerprint density at radius 1 is 1.25 bits per heavy atom. The maximum absolute atomic E-state index is 14.2. The van der Waals surface area contributed by atoms with E-state index in [0.29, 0.717) is 0 Å². The average molecular weight is 464 g/mol. The topological polar surface area (TPSA) is 97.3 Å². The zero-order valence-electron chi connectivity index (χ0n) is 16.3. The molecule has 2 aromatic heterocycles. The first-order chi connectivity index (χ1) is 15.3. The number of pyridine rings is 1. The molecule has 32 heavy (non-hydrogen) atoms. The summed E-state index contributed by atoms with van der Waals surface area (Å²) in [6.07, 6.45) is 1.99. The molecular formula is C20H13ClF3N5O3. The molecule has 0 aliphatic carbocycles. The van der Waals surface area contributed by atoms with Crippen molar-refractivity contribution < 1.29 is 27.5 Å². The van der Waals surface area contributed by atoms with Crippen LogP contribution < -0.4 is 15.0 Å². The highest BCUT2D eigenvalue weighted by Crippen LogP contribution is 2.30. The number of anilines is 1. The Morgan fingerprint density at radius 2 is 2.03 bits per heavy atom. The first-order valence-corrected chi connectivity index (χ1v) is 9.47. The molecular weight excluding hydrogens is 451 g/mol. The predicted octanol–water partition coefficient (Wildman–Crippen LogP) is 2.76. The summed E-state index contributed by atoms with van der Waals surface area (Å²) in [6.45, 7) is -0.313. The Hall–Kier alpha value is -3.73. The molecule has 0 saturated heterocycles. The van der Waals surface area contributed by atoms with Crippen LogP contribution in [0.5, 0.6) is 5.75 Å². The summed E-state index contributed by atoms with van der Waals surface area (Å²) >= 11 is 6.02. The SMILES string of the molecule is CN1C(=O)[C@@H](NC(=O)c2ncc(Cl)c(-c3cccc(F)c3F)n2)COc2cc(F)cnc21. The van der Waals surface area contributed by atoms with Gasteiger partial charge in [0.05, 0.1) is 23.1 Å². The standard InChI is InChI=1S/C20H13ClF3N5O3/c1-29-18-14(5-9(22)6-26-18)32-8-13(20(29)31)27-19(30)17-25-7-11(21)16(28-17)10-3-2-4-12(23)15(10)24/h2-7,13H,8H2,1H3,(H,27,30)/t13-/m0/s1. The van der Waals surface area contributed by atoms with Gasteiger partial charge in [0.25, 0.3) is 11.8 Å². The van der Waals surface area contributed by atoms with Gasteiger partial charge in [0.15, 0.2) is 23.2 Å². The van der Waals surface area contributed by atoms with Crippen LogP contribution in [0, 0.1) is 17.5 Å². The number of nitrogens with one attached hydrogen (secondary N) is 1. The first kappa shape index (κ1) is 21.5. The third kappa shape index (κ3) is 3.94. The van der Waals surface area contributed by atoms with Gasteiger partial charge in [-0.15, -0.1) is 0 Å². The number of likely N-dealkylation sites (N-methyl/N-ethyl adjacent to an activating group) is 1.